The molecule has 114 valence electrons. The highest BCUT2D eigenvalue weighted by molar-refractivity contribution is 14.0. The fraction of sp³-hybridized carbons (Fsp3) is 0.929. The monoisotopic (exact) mass is 382 g/mol. The summed E-state index contributed by atoms with van der Waals surface area (Å²) < 4.78 is 0. The summed E-state index contributed by atoms with van der Waals surface area (Å²) in [6.45, 7) is 10.3. The second kappa shape index (κ2) is 11.8. The third-order valence-corrected chi connectivity index (χ3v) is 3.57. The Hall–Kier alpha value is -0.0400. The highest BCUT2D eigenvalue weighted by atomic mass is 127. The van der Waals surface area contributed by atoms with Crippen LogP contribution in [0.1, 0.15) is 39.5 Å². The Morgan fingerprint density at radius 1 is 1.16 bits per heavy atom. The minimum absolute atomic E-state index is 0. The van der Waals surface area contributed by atoms with Gasteiger partial charge in [-0.25, -0.2) is 0 Å². The lowest BCUT2D eigenvalue weighted by atomic mass is 9.97. The number of guanidine groups is 1. The zero-order valence-electron chi connectivity index (χ0n) is 12.7. The van der Waals surface area contributed by atoms with Crippen molar-refractivity contribution in [2.75, 3.05) is 39.8 Å². The van der Waals surface area contributed by atoms with Crippen LogP contribution in [-0.4, -0.2) is 50.6 Å². The molecule has 2 N–H and O–H groups in total. The molecule has 0 radical (unpaired) electrons. The van der Waals surface area contributed by atoms with E-state index < -0.39 is 0 Å². The number of likely N-dealkylation sites (tertiary alicyclic amines) is 1. The fourth-order valence-electron chi connectivity index (χ4n) is 2.44. The number of piperidine rings is 1. The van der Waals surface area contributed by atoms with E-state index in [9.17, 15) is 0 Å². The summed E-state index contributed by atoms with van der Waals surface area (Å²) >= 11 is 0. The molecule has 0 aromatic heterocycles. The van der Waals surface area contributed by atoms with Crippen LogP contribution in [0.15, 0.2) is 4.99 Å². The molecule has 0 atom stereocenters. The van der Waals surface area contributed by atoms with Crippen molar-refractivity contribution in [3.8, 4) is 0 Å². The van der Waals surface area contributed by atoms with Crippen LogP contribution in [0.4, 0.5) is 0 Å². The first-order chi connectivity index (χ1) is 8.80. The third kappa shape index (κ3) is 7.97. The molecule has 0 aromatic rings. The average molecular weight is 382 g/mol. The van der Waals surface area contributed by atoms with Crippen LogP contribution in [0.5, 0.6) is 0 Å². The summed E-state index contributed by atoms with van der Waals surface area (Å²) in [7, 11) is 1.84. The van der Waals surface area contributed by atoms with E-state index in [0.29, 0.717) is 0 Å². The van der Waals surface area contributed by atoms with Crippen LogP contribution in [0, 0.1) is 5.92 Å². The van der Waals surface area contributed by atoms with Gasteiger partial charge in [-0.15, -0.1) is 24.0 Å². The Kier molecular flexibility index (Phi) is 11.7. The normalized spacial score (nSPS) is 17.9. The molecular weight excluding hydrogens is 351 g/mol. The van der Waals surface area contributed by atoms with Crippen LogP contribution in [-0.2, 0) is 0 Å². The number of hydrogen-bond acceptors (Lipinski definition) is 2. The molecule has 0 aromatic carbocycles. The maximum Gasteiger partial charge on any atom is 0.190 e. The Morgan fingerprint density at radius 2 is 1.84 bits per heavy atom. The molecule has 0 spiro atoms. The van der Waals surface area contributed by atoms with E-state index in [-0.39, 0.29) is 24.0 Å². The van der Waals surface area contributed by atoms with Crippen molar-refractivity contribution in [2.24, 2.45) is 10.9 Å². The molecule has 1 saturated heterocycles. The molecule has 1 fully saturated rings. The van der Waals surface area contributed by atoms with Gasteiger partial charge in [0.15, 0.2) is 5.96 Å². The molecule has 0 saturated carbocycles. The zero-order chi connectivity index (χ0) is 13.2. The number of halogens is 1. The molecule has 1 heterocycles. The third-order valence-electron chi connectivity index (χ3n) is 3.57. The Bertz CT molecular complexity index is 238. The number of aliphatic imine (C=N–C) groups is 1. The standard InChI is InChI=1S/C14H30N4.HI/c1-4-8-16-14(15-3)17-12-13-6-10-18(9-5-2)11-7-13;/h13H,4-12H2,1-3H3,(H2,15,16,17);1H. The quantitative estimate of drug-likeness (QED) is 0.421. The van der Waals surface area contributed by atoms with Crippen molar-refractivity contribution in [1.29, 1.82) is 0 Å². The number of nitrogens with one attached hydrogen (secondary N) is 2. The van der Waals surface area contributed by atoms with E-state index in [4.69, 9.17) is 0 Å². The minimum atomic E-state index is 0. The summed E-state index contributed by atoms with van der Waals surface area (Å²) in [6.07, 6.45) is 5.04. The number of nitrogens with zero attached hydrogens (tertiary/aromatic N) is 2. The van der Waals surface area contributed by atoms with Gasteiger partial charge in [0.2, 0.25) is 0 Å². The van der Waals surface area contributed by atoms with Gasteiger partial charge in [0.05, 0.1) is 0 Å². The summed E-state index contributed by atoms with van der Waals surface area (Å²) in [5.41, 5.74) is 0. The molecule has 0 bridgehead atoms. The first-order valence-electron chi connectivity index (χ1n) is 7.47. The predicted octanol–water partition coefficient (Wildman–Crippen LogP) is 2.30. The molecule has 19 heavy (non-hydrogen) atoms. The topological polar surface area (TPSA) is 39.7 Å². The van der Waals surface area contributed by atoms with E-state index in [2.05, 4.69) is 34.4 Å². The summed E-state index contributed by atoms with van der Waals surface area (Å²) in [5, 5.41) is 6.76. The Labute approximate surface area is 135 Å². The van der Waals surface area contributed by atoms with Crippen molar-refractivity contribution in [3.05, 3.63) is 0 Å². The summed E-state index contributed by atoms with van der Waals surface area (Å²) in [5.74, 6) is 1.76. The fourth-order valence-corrected chi connectivity index (χ4v) is 2.44. The number of rotatable bonds is 6. The minimum Gasteiger partial charge on any atom is -0.356 e. The predicted molar refractivity (Wildman–Crippen MR) is 94.5 cm³/mol. The van der Waals surface area contributed by atoms with Gasteiger partial charge in [-0.2, -0.15) is 0 Å². The van der Waals surface area contributed by atoms with Gasteiger partial charge < -0.3 is 15.5 Å². The molecule has 0 amide bonds. The molecule has 0 aliphatic carbocycles. The van der Waals surface area contributed by atoms with Crippen molar-refractivity contribution >= 4 is 29.9 Å². The van der Waals surface area contributed by atoms with Gasteiger partial charge in [-0.3, -0.25) is 4.99 Å². The second-order valence-corrected chi connectivity index (χ2v) is 5.16. The van der Waals surface area contributed by atoms with Crippen LogP contribution < -0.4 is 10.6 Å². The average Bonchev–Trinajstić information content (AvgIpc) is 2.41. The van der Waals surface area contributed by atoms with Crippen LogP contribution >= 0.6 is 24.0 Å². The van der Waals surface area contributed by atoms with Crippen LogP contribution in [0.25, 0.3) is 0 Å². The van der Waals surface area contributed by atoms with Gasteiger partial charge in [-0.1, -0.05) is 13.8 Å². The smallest absolute Gasteiger partial charge is 0.190 e. The van der Waals surface area contributed by atoms with Gasteiger partial charge in [0.25, 0.3) is 0 Å². The van der Waals surface area contributed by atoms with E-state index in [1.54, 1.807) is 0 Å². The van der Waals surface area contributed by atoms with Gasteiger partial charge in [0, 0.05) is 20.1 Å². The maximum atomic E-state index is 4.24. The largest absolute Gasteiger partial charge is 0.356 e. The van der Waals surface area contributed by atoms with E-state index in [1.165, 1.54) is 38.9 Å². The SMILES string of the molecule is CCCNC(=NC)NCC1CCN(CCC)CC1.I. The zero-order valence-corrected chi connectivity index (χ0v) is 15.1. The lowest BCUT2D eigenvalue weighted by Gasteiger charge is -2.32. The second-order valence-electron chi connectivity index (χ2n) is 5.16. The maximum absolute atomic E-state index is 4.24. The summed E-state index contributed by atoms with van der Waals surface area (Å²) in [6, 6.07) is 0. The van der Waals surface area contributed by atoms with Gasteiger partial charge >= 0.3 is 0 Å². The first-order valence-corrected chi connectivity index (χ1v) is 7.47. The van der Waals surface area contributed by atoms with Crippen molar-refractivity contribution in [3.63, 3.8) is 0 Å². The van der Waals surface area contributed by atoms with E-state index in [0.717, 1.165) is 31.4 Å². The first kappa shape index (κ1) is 19.0. The van der Waals surface area contributed by atoms with Crippen LogP contribution in [0.2, 0.25) is 0 Å². The molecule has 5 heteroatoms. The van der Waals surface area contributed by atoms with Gasteiger partial charge in [0.1, 0.15) is 0 Å². The molecule has 4 nitrogen and oxygen atoms in total. The van der Waals surface area contributed by atoms with Crippen molar-refractivity contribution in [1.82, 2.24) is 15.5 Å². The van der Waals surface area contributed by atoms with Crippen molar-refractivity contribution in [2.45, 2.75) is 39.5 Å². The molecule has 1 aliphatic heterocycles. The summed E-state index contributed by atoms with van der Waals surface area (Å²) in [4.78, 5) is 6.82. The van der Waals surface area contributed by atoms with E-state index >= 15 is 0 Å². The molecule has 1 rings (SSSR count). The lowest BCUT2D eigenvalue weighted by molar-refractivity contribution is 0.185. The Balaban J connectivity index is 0.00000324. The van der Waals surface area contributed by atoms with Gasteiger partial charge in [-0.05, 0) is 51.2 Å². The highest BCUT2D eigenvalue weighted by Crippen LogP contribution is 2.16. The lowest BCUT2D eigenvalue weighted by Crippen LogP contribution is -2.43. The Morgan fingerprint density at radius 3 is 2.37 bits per heavy atom. The van der Waals surface area contributed by atoms with Crippen molar-refractivity contribution < 1.29 is 0 Å². The molecular formula is C14H31IN4. The van der Waals surface area contributed by atoms with Crippen LogP contribution in [0.3, 0.4) is 0 Å². The number of hydrogen-bond donors (Lipinski definition) is 2. The van der Waals surface area contributed by atoms with E-state index in [1.807, 2.05) is 7.05 Å². The highest BCUT2D eigenvalue weighted by Gasteiger charge is 2.18. The molecule has 1 aliphatic rings. The molecule has 0 unspecified atom stereocenters.